The van der Waals surface area contributed by atoms with Gasteiger partial charge in [0.25, 0.3) is 0 Å². The Balaban J connectivity index is 1.95. The van der Waals surface area contributed by atoms with Gasteiger partial charge in [-0.1, -0.05) is 13.8 Å². The summed E-state index contributed by atoms with van der Waals surface area (Å²) in [5.74, 6) is -2.31. The van der Waals surface area contributed by atoms with E-state index in [1.807, 2.05) is 0 Å². The van der Waals surface area contributed by atoms with Crippen molar-refractivity contribution in [1.82, 2.24) is 25.5 Å². The van der Waals surface area contributed by atoms with Gasteiger partial charge in [-0.05, 0) is 25.7 Å². The van der Waals surface area contributed by atoms with Crippen molar-refractivity contribution in [1.29, 1.82) is 0 Å². The van der Waals surface area contributed by atoms with Gasteiger partial charge in [-0.15, -0.1) is 0 Å². The molecule has 1 aliphatic rings. The third-order valence-corrected chi connectivity index (χ3v) is 5.24. The van der Waals surface area contributed by atoms with Crippen molar-refractivity contribution in [2.24, 2.45) is 11.7 Å². The van der Waals surface area contributed by atoms with Gasteiger partial charge in [0.05, 0.1) is 18.3 Å². The topological polar surface area (TPSA) is 174 Å². The Morgan fingerprint density at radius 2 is 2.00 bits per heavy atom. The SMILES string of the molecule is CC(NC(=O)C(N)Cc1cnc[nH]1)C(=O)NC(C(=O)N1CCCC1B(O)O)C(C)C. The number of carbonyl (C=O) groups is 3. The Bertz CT molecular complexity index is 729. The molecule has 0 bridgehead atoms. The molecule has 2 rings (SSSR count). The number of rotatable bonds is 9. The average Bonchev–Trinajstić information content (AvgIpc) is 3.36. The Kier molecular flexibility index (Phi) is 8.38. The summed E-state index contributed by atoms with van der Waals surface area (Å²) in [6.07, 6.45) is 4.44. The Labute approximate surface area is 175 Å². The molecule has 12 heteroatoms. The standard InChI is InChI=1S/C18H31BN6O5/c1-10(2)15(18(28)25-6-4-5-14(25)19(29)30)24-16(26)11(3)23-17(27)13(20)7-12-8-21-9-22-12/h8-11,13-15,29-30H,4-7,20H2,1-3H3,(H,21,22)(H,23,27)(H,24,26). The molecule has 0 aromatic carbocycles. The van der Waals surface area contributed by atoms with Crippen LogP contribution < -0.4 is 16.4 Å². The quantitative estimate of drug-likeness (QED) is 0.248. The van der Waals surface area contributed by atoms with Gasteiger partial charge >= 0.3 is 7.12 Å². The molecule has 0 saturated carbocycles. The van der Waals surface area contributed by atoms with Crippen LogP contribution in [0.25, 0.3) is 0 Å². The van der Waals surface area contributed by atoms with Crippen LogP contribution in [-0.2, 0) is 20.8 Å². The molecule has 2 heterocycles. The summed E-state index contributed by atoms with van der Waals surface area (Å²) >= 11 is 0. The molecule has 166 valence electrons. The maximum absolute atomic E-state index is 12.9. The maximum atomic E-state index is 12.9. The summed E-state index contributed by atoms with van der Waals surface area (Å²) < 4.78 is 0. The van der Waals surface area contributed by atoms with Crippen LogP contribution in [0.2, 0.25) is 0 Å². The second-order valence-corrected chi connectivity index (χ2v) is 8.00. The minimum absolute atomic E-state index is 0.232. The molecule has 3 amide bonds. The predicted octanol–water partition coefficient (Wildman–Crippen LogP) is -2.07. The van der Waals surface area contributed by atoms with Crippen molar-refractivity contribution in [3.63, 3.8) is 0 Å². The summed E-state index contributed by atoms with van der Waals surface area (Å²) in [6.45, 7) is 5.48. The Morgan fingerprint density at radius 3 is 2.57 bits per heavy atom. The van der Waals surface area contributed by atoms with E-state index in [0.29, 0.717) is 25.1 Å². The van der Waals surface area contributed by atoms with Gasteiger partial charge in [-0.3, -0.25) is 14.4 Å². The summed E-state index contributed by atoms with van der Waals surface area (Å²) in [4.78, 5) is 46.0. The summed E-state index contributed by atoms with van der Waals surface area (Å²) in [7, 11) is -1.63. The van der Waals surface area contributed by atoms with Crippen LogP contribution in [0.1, 0.15) is 39.3 Å². The minimum atomic E-state index is -1.63. The van der Waals surface area contributed by atoms with Crippen molar-refractivity contribution in [3.05, 3.63) is 18.2 Å². The Hall–Kier alpha value is -2.44. The van der Waals surface area contributed by atoms with Crippen molar-refractivity contribution >= 4 is 24.8 Å². The predicted molar refractivity (Wildman–Crippen MR) is 110 cm³/mol. The summed E-state index contributed by atoms with van der Waals surface area (Å²) in [6, 6.07) is -2.62. The van der Waals surface area contributed by atoms with Gasteiger partial charge in [0.15, 0.2) is 0 Å². The van der Waals surface area contributed by atoms with E-state index in [0.717, 1.165) is 0 Å². The molecule has 0 spiro atoms. The zero-order chi connectivity index (χ0) is 22.4. The molecule has 11 nitrogen and oxygen atoms in total. The first kappa shape index (κ1) is 23.8. The number of amides is 3. The number of aromatic nitrogens is 2. The molecule has 4 atom stereocenters. The van der Waals surface area contributed by atoms with E-state index in [2.05, 4.69) is 20.6 Å². The monoisotopic (exact) mass is 422 g/mol. The highest BCUT2D eigenvalue weighted by molar-refractivity contribution is 6.43. The van der Waals surface area contributed by atoms with E-state index in [9.17, 15) is 24.4 Å². The molecule has 1 fully saturated rings. The molecule has 1 aromatic rings. The number of nitrogens with one attached hydrogen (secondary N) is 3. The average molecular weight is 422 g/mol. The fourth-order valence-corrected chi connectivity index (χ4v) is 3.46. The first-order chi connectivity index (χ1) is 14.1. The zero-order valence-electron chi connectivity index (χ0n) is 17.5. The van der Waals surface area contributed by atoms with Crippen LogP contribution >= 0.6 is 0 Å². The highest BCUT2D eigenvalue weighted by Crippen LogP contribution is 2.20. The first-order valence-corrected chi connectivity index (χ1v) is 10.1. The van der Waals surface area contributed by atoms with E-state index >= 15 is 0 Å². The third-order valence-electron chi connectivity index (χ3n) is 5.24. The molecule has 1 aliphatic heterocycles. The second-order valence-electron chi connectivity index (χ2n) is 8.00. The van der Waals surface area contributed by atoms with E-state index in [4.69, 9.17) is 5.73 Å². The van der Waals surface area contributed by atoms with Crippen molar-refractivity contribution in [2.75, 3.05) is 6.54 Å². The first-order valence-electron chi connectivity index (χ1n) is 10.1. The van der Waals surface area contributed by atoms with Gasteiger partial charge < -0.3 is 36.3 Å². The number of carbonyl (C=O) groups excluding carboxylic acids is 3. The third kappa shape index (κ3) is 6.03. The number of aromatic amines is 1. The lowest BCUT2D eigenvalue weighted by molar-refractivity contribution is -0.138. The highest BCUT2D eigenvalue weighted by atomic mass is 16.4. The van der Waals surface area contributed by atoms with Gasteiger partial charge in [0.1, 0.15) is 12.1 Å². The van der Waals surface area contributed by atoms with Gasteiger partial charge in [-0.2, -0.15) is 0 Å². The fraction of sp³-hybridized carbons (Fsp3) is 0.667. The van der Waals surface area contributed by atoms with Crippen LogP contribution in [0, 0.1) is 5.92 Å². The van der Waals surface area contributed by atoms with Gasteiger partial charge in [-0.25, -0.2) is 4.98 Å². The van der Waals surface area contributed by atoms with E-state index in [1.165, 1.54) is 18.2 Å². The lowest BCUT2D eigenvalue weighted by Gasteiger charge is -2.31. The molecule has 0 radical (unpaired) electrons. The fourth-order valence-electron chi connectivity index (χ4n) is 3.46. The van der Waals surface area contributed by atoms with Crippen molar-refractivity contribution < 1.29 is 24.4 Å². The second kappa shape index (κ2) is 10.6. The largest absolute Gasteiger partial charge is 0.475 e. The molecular formula is C18H31BN6O5. The number of H-pyrrole nitrogens is 1. The van der Waals surface area contributed by atoms with Crippen LogP contribution in [0.15, 0.2) is 12.5 Å². The van der Waals surface area contributed by atoms with Gasteiger partial charge in [0.2, 0.25) is 17.7 Å². The van der Waals surface area contributed by atoms with Crippen molar-refractivity contribution in [3.8, 4) is 0 Å². The molecule has 7 N–H and O–H groups in total. The number of likely N-dealkylation sites (tertiary alicyclic amines) is 1. The number of imidazole rings is 1. The molecular weight excluding hydrogens is 391 g/mol. The minimum Gasteiger partial charge on any atom is -0.426 e. The Morgan fingerprint density at radius 1 is 1.30 bits per heavy atom. The lowest BCUT2D eigenvalue weighted by Crippen LogP contribution is -2.58. The van der Waals surface area contributed by atoms with E-state index in [-0.39, 0.29) is 18.2 Å². The highest BCUT2D eigenvalue weighted by Gasteiger charge is 2.40. The normalized spacial score (nSPS) is 19.3. The van der Waals surface area contributed by atoms with Gasteiger partial charge in [0, 0.05) is 24.9 Å². The molecule has 30 heavy (non-hydrogen) atoms. The summed E-state index contributed by atoms with van der Waals surface area (Å²) in [5.41, 5.74) is 6.58. The van der Waals surface area contributed by atoms with Crippen LogP contribution in [-0.4, -0.2) is 80.4 Å². The zero-order valence-corrected chi connectivity index (χ0v) is 17.5. The molecule has 0 aliphatic carbocycles. The molecule has 1 aromatic heterocycles. The van der Waals surface area contributed by atoms with Crippen molar-refractivity contribution in [2.45, 2.75) is 64.1 Å². The number of hydrogen-bond acceptors (Lipinski definition) is 7. The molecule has 1 saturated heterocycles. The number of nitrogens with two attached hydrogens (primary N) is 1. The summed E-state index contributed by atoms with van der Waals surface area (Å²) in [5, 5.41) is 24.3. The van der Waals surface area contributed by atoms with Crippen LogP contribution in [0.5, 0.6) is 0 Å². The van der Waals surface area contributed by atoms with E-state index in [1.54, 1.807) is 20.0 Å². The smallest absolute Gasteiger partial charge is 0.426 e. The van der Waals surface area contributed by atoms with E-state index < -0.39 is 43.0 Å². The number of nitrogens with zero attached hydrogens (tertiary/aromatic N) is 2. The van der Waals surface area contributed by atoms with Crippen LogP contribution in [0.4, 0.5) is 0 Å². The maximum Gasteiger partial charge on any atom is 0.475 e. The number of hydrogen-bond donors (Lipinski definition) is 6. The lowest BCUT2D eigenvalue weighted by atomic mass is 9.77. The molecule has 4 unspecified atom stereocenters. The van der Waals surface area contributed by atoms with Crippen LogP contribution in [0.3, 0.4) is 0 Å².